The Balaban J connectivity index is 2.08. The summed E-state index contributed by atoms with van der Waals surface area (Å²) in [5.74, 6) is -0.659. The van der Waals surface area contributed by atoms with Crippen molar-refractivity contribution in [1.82, 2.24) is 4.57 Å². The van der Waals surface area contributed by atoms with Crippen LogP contribution in [0.4, 0.5) is 10.5 Å². The van der Waals surface area contributed by atoms with Gasteiger partial charge in [0.25, 0.3) is 5.91 Å². The topological polar surface area (TPSA) is 110 Å². The van der Waals surface area contributed by atoms with Crippen molar-refractivity contribution in [2.45, 2.75) is 32.4 Å². The third-order valence-electron chi connectivity index (χ3n) is 4.04. The molecule has 1 aromatic heterocycles. The lowest BCUT2D eigenvalue weighted by molar-refractivity contribution is -0.124. The smallest absolute Gasteiger partial charge is 0.415 e. The van der Waals surface area contributed by atoms with Crippen LogP contribution in [0.15, 0.2) is 23.2 Å². The van der Waals surface area contributed by atoms with Gasteiger partial charge in [0.05, 0.1) is 29.9 Å². The van der Waals surface area contributed by atoms with Gasteiger partial charge < -0.3 is 20.1 Å². The predicted octanol–water partition coefficient (Wildman–Crippen LogP) is 1.16. The zero-order valence-electron chi connectivity index (χ0n) is 14.9. The van der Waals surface area contributed by atoms with Crippen LogP contribution in [0, 0.1) is 0 Å². The molecule has 9 heteroatoms. The molecule has 0 unspecified atom stereocenters. The molecule has 1 aromatic carbocycles. The molecule has 0 aliphatic carbocycles. The van der Waals surface area contributed by atoms with Crippen LogP contribution < -0.4 is 15.4 Å². The van der Waals surface area contributed by atoms with E-state index >= 15 is 0 Å². The van der Waals surface area contributed by atoms with Crippen LogP contribution in [0.1, 0.15) is 20.8 Å². The van der Waals surface area contributed by atoms with Crippen molar-refractivity contribution in [3.05, 3.63) is 23.0 Å². The standard InChI is InChI=1S/C17H22N4O4S/c1-17(2,3)21-11-5-4-10(8-13(11)26-15(21)19-6-7-22)20-9-12(14(18)23)25-16(20)24/h4-5,8,12,22H,6-7,9H2,1-3H3,(H2,18,23)/t12-/m1/s1. The van der Waals surface area contributed by atoms with Crippen LogP contribution in [-0.2, 0) is 15.1 Å². The summed E-state index contributed by atoms with van der Waals surface area (Å²) in [6.45, 7) is 6.67. The van der Waals surface area contributed by atoms with Gasteiger partial charge in [0.15, 0.2) is 10.9 Å². The van der Waals surface area contributed by atoms with Crippen molar-refractivity contribution in [3.8, 4) is 0 Å². The number of rotatable bonds is 4. The van der Waals surface area contributed by atoms with Crippen molar-refractivity contribution in [3.63, 3.8) is 0 Å². The van der Waals surface area contributed by atoms with Gasteiger partial charge in [0, 0.05) is 11.2 Å². The first-order valence-electron chi connectivity index (χ1n) is 8.27. The predicted molar refractivity (Wildman–Crippen MR) is 99.1 cm³/mol. The van der Waals surface area contributed by atoms with Crippen LogP contribution in [0.2, 0.25) is 0 Å². The Bertz CT molecular complexity index is 925. The molecule has 1 aliphatic heterocycles. The summed E-state index contributed by atoms with van der Waals surface area (Å²) in [5.41, 5.74) is 6.66. The number of thiazole rings is 1. The van der Waals surface area contributed by atoms with E-state index in [1.165, 1.54) is 16.2 Å². The van der Waals surface area contributed by atoms with E-state index in [1.807, 2.05) is 18.2 Å². The van der Waals surface area contributed by atoms with Crippen molar-refractivity contribution in [1.29, 1.82) is 0 Å². The number of nitrogens with zero attached hydrogens (tertiary/aromatic N) is 3. The fourth-order valence-corrected chi connectivity index (χ4v) is 4.16. The molecule has 3 rings (SSSR count). The largest absolute Gasteiger partial charge is 0.434 e. The minimum Gasteiger partial charge on any atom is -0.434 e. The summed E-state index contributed by atoms with van der Waals surface area (Å²) in [4.78, 5) is 30.0. The first-order valence-corrected chi connectivity index (χ1v) is 9.09. The van der Waals surface area contributed by atoms with E-state index in [0.29, 0.717) is 12.2 Å². The number of fused-ring (bicyclic) bond motifs is 1. The number of benzene rings is 1. The number of aliphatic hydroxyl groups is 1. The van der Waals surface area contributed by atoms with Crippen LogP contribution in [0.25, 0.3) is 10.2 Å². The maximum Gasteiger partial charge on any atom is 0.415 e. The lowest BCUT2D eigenvalue weighted by Gasteiger charge is -2.22. The second-order valence-corrected chi connectivity index (χ2v) is 8.04. The summed E-state index contributed by atoms with van der Waals surface area (Å²) in [6.07, 6.45) is -1.52. The number of nitrogens with two attached hydrogens (primary N) is 1. The lowest BCUT2D eigenvalue weighted by Crippen LogP contribution is -2.32. The van der Waals surface area contributed by atoms with Crippen molar-refractivity contribution in [2.24, 2.45) is 10.7 Å². The van der Waals surface area contributed by atoms with Gasteiger partial charge in [-0.05, 0) is 39.0 Å². The third kappa shape index (κ3) is 3.32. The molecule has 140 valence electrons. The second-order valence-electron chi connectivity index (χ2n) is 7.03. The van der Waals surface area contributed by atoms with Crippen LogP contribution >= 0.6 is 11.3 Å². The summed E-state index contributed by atoms with van der Waals surface area (Å²) in [6, 6.07) is 5.62. The van der Waals surface area contributed by atoms with E-state index in [4.69, 9.17) is 15.6 Å². The van der Waals surface area contributed by atoms with Gasteiger partial charge in [-0.1, -0.05) is 11.3 Å². The SMILES string of the molecule is CC(C)(C)n1c(=NCCO)sc2cc(N3C[C@H](C(N)=O)OC3=O)ccc21. The fraction of sp³-hybridized carbons (Fsp3) is 0.471. The summed E-state index contributed by atoms with van der Waals surface area (Å²) >= 11 is 1.49. The Morgan fingerprint density at radius 2 is 2.19 bits per heavy atom. The molecule has 2 aromatic rings. The molecule has 26 heavy (non-hydrogen) atoms. The van der Waals surface area contributed by atoms with E-state index in [9.17, 15) is 9.59 Å². The maximum atomic E-state index is 12.0. The maximum absolute atomic E-state index is 12.0. The Morgan fingerprint density at radius 1 is 1.46 bits per heavy atom. The molecule has 1 aliphatic rings. The van der Waals surface area contributed by atoms with Gasteiger partial charge in [-0.3, -0.25) is 14.7 Å². The lowest BCUT2D eigenvalue weighted by atomic mass is 10.1. The number of anilines is 1. The van der Waals surface area contributed by atoms with Crippen molar-refractivity contribution >= 4 is 39.2 Å². The van der Waals surface area contributed by atoms with Gasteiger partial charge in [-0.25, -0.2) is 4.79 Å². The van der Waals surface area contributed by atoms with Gasteiger partial charge in [0.1, 0.15) is 0 Å². The first-order chi connectivity index (χ1) is 12.2. The normalized spacial score (nSPS) is 18.6. The van der Waals surface area contributed by atoms with Gasteiger partial charge >= 0.3 is 6.09 Å². The van der Waals surface area contributed by atoms with Crippen molar-refractivity contribution < 1.29 is 19.4 Å². The number of carbonyl (C=O) groups is 2. The fourth-order valence-electron chi connectivity index (χ4n) is 2.90. The molecule has 1 atom stereocenters. The molecule has 3 N–H and O–H groups in total. The molecule has 0 spiro atoms. The summed E-state index contributed by atoms with van der Waals surface area (Å²) in [5, 5.41) is 9.09. The molecule has 2 heterocycles. The second kappa shape index (κ2) is 6.73. The zero-order valence-corrected chi connectivity index (χ0v) is 15.7. The van der Waals surface area contributed by atoms with Crippen LogP contribution in [0.5, 0.6) is 0 Å². The molecular formula is C17H22N4O4S. The van der Waals surface area contributed by atoms with E-state index in [2.05, 4.69) is 30.3 Å². The minimum absolute atomic E-state index is 0.0161. The third-order valence-corrected chi connectivity index (χ3v) is 5.08. The molecule has 1 fully saturated rings. The Morgan fingerprint density at radius 3 is 2.77 bits per heavy atom. The number of aliphatic hydroxyl groups excluding tert-OH is 1. The number of amides is 2. The van der Waals surface area contributed by atoms with E-state index < -0.39 is 18.1 Å². The molecular weight excluding hydrogens is 356 g/mol. The number of ether oxygens (including phenoxy) is 1. The highest BCUT2D eigenvalue weighted by atomic mass is 32.1. The highest BCUT2D eigenvalue weighted by Gasteiger charge is 2.36. The number of primary amides is 1. The van der Waals surface area contributed by atoms with Crippen LogP contribution in [0.3, 0.4) is 0 Å². The number of hydrogen-bond donors (Lipinski definition) is 2. The molecule has 0 saturated carbocycles. The molecule has 2 amide bonds. The highest BCUT2D eigenvalue weighted by molar-refractivity contribution is 7.16. The molecule has 1 saturated heterocycles. The molecule has 8 nitrogen and oxygen atoms in total. The summed E-state index contributed by atoms with van der Waals surface area (Å²) < 4.78 is 8.06. The quantitative estimate of drug-likeness (QED) is 0.832. The molecule has 0 radical (unpaired) electrons. The highest BCUT2D eigenvalue weighted by Crippen LogP contribution is 2.30. The number of carbonyl (C=O) groups excluding carboxylic acids is 2. The first kappa shape index (κ1) is 18.4. The number of hydrogen-bond acceptors (Lipinski definition) is 6. The number of aromatic nitrogens is 1. The number of cyclic esters (lactones) is 1. The Kier molecular flexibility index (Phi) is 4.76. The van der Waals surface area contributed by atoms with Crippen molar-refractivity contribution in [2.75, 3.05) is 24.6 Å². The van der Waals surface area contributed by atoms with E-state index in [-0.39, 0.29) is 18.7 Å². The van der Waals surface area contributed by atoms with Gasteiger partial charge in [-0.2, -0.15) is 0 Å². The Hall–Kier alpha value is -2.39. The monoisotopic (exact) mass is 378 g/mol. The minimum atomic E-state index is -0.934. The van der Waals surface area contributed by atoms with E-state index in [0.717, 1.165) is 15.0 Å². The average molecular weight is 378 g/mol. The van der Waals surface area contributed by atoms with Crippen LogP contribution in [-0.4, -0.2) is 47.5 Å². The Labute approximate surface area is 154 Å². The zero-order chi connectivity index (χ0) is 19.1. The van der Waals surface area contributed by atoms with Gasteiger partial charge in [0.2, 0.25) is 0 Å². The average Bonchev–Trinajstić information content (AvgIpc) is 3.12. The molecule has 0 bridgehead atoms. The van der Waals surface area contributed by atoms with Gasteiger partial charge in [-0.15, -0.1) is 0 Å². The van der Waals surface area contributed by atoms with E-state index in [1.54, 1.807) is 0 Å². The summed E-state index contributed by atoms with van der Waals surface area (Å²) in [7, 11) is 0.